The maximum absolute atomic E-state index is 13.5. The van der Waals surface area contributed by atoms with Crippen molar-refractivity contribution in [1.29, 1.82) is 0 Å². The van der Waals surface area contributed by atoms with Crippen LogP contribution in [-0.4, -0.2) is 37.7 Å². The van der Waals surface area contributed by atoms with Gasteiger partial charge in [-0.05, 0) is 50.1 Å². The van der Waals surface area contributed by atoms with Crippen molar-refractivity contribution in [3.8, 4) is 0 Å². The zero-order chi connectivity index (χ0) is 22.0. The lowest BCUT2D eigenvalue weighted by atomic mass is 9.69. The number of ketones is 1. The largest absolute Gasteiger partial charge is 0.468 e. The molecule has 0 saturated carbocycles. The number of benzene rings is 1. The van der Waals surface area contributed by atoms with E-state index in [0.29, 0.717) is 23.3 Å². The molecule has 0 spiro atoms. The molecule has 1 heterocycles. The minimum atomic E-state index is -0.884. The van der Waals surface area contributed by atoms with Crippen LogP contribution < -0.4 is 5.32 Å². The van der Waals surface area contributed by atoms with E-state index in [1.165, 1.54) is 7.11 Å². The number of dihydropyridines is 1. The van der Waals surface area contributed by atoms with Gasteiger partial charge in [-0.2, -0.15) is 0 Å². The molecule has 1 aromatic carbocycles. The molecule has 160 valence electrons. The Morgan fingerprint density at radius 1 is 1.23 bits per heavy atom. The van der Waals surface area contributed by atoms with Crippen molar-refractivity contribution in [2.24, 2.45) is 11.8 Å². The molecule has 3 rings (SSSR count). The number of hydrogen-bond donors (Lipinski definition) is 1. The third-order valence-electron chi connectivity index (χ3n) is 5.69. The highest BCUT2D eigenvalue weighted by atomic mass is 32.2. The lowest BCUT2D eigenvalue weighted by molar-refractivity contribution is -0.151. The Bertz CT molecular complexity index is 931. The van der Waals surface area contributed by atoms with E-state index in [1.807, 2.05) is 44.4 Å². The molecule has 1 aromatic rings. The van der Waals surface area contributed by atoms with E-state index in [1.54, 1.807) is 18.7 Å². The second-order valence-corrected chi connectivity index (χ2v) is 8.41. The average Bonchev–Trinajstić information content (AvgIpc) is 2.72. The first-order valence-corrected chi connectivity index (χ1v) is 11.2. The van der Waals surface area contributed by atoms with Crippen LogP contribution in [0.4, 0.5) is 0 Å². The number of carbonyl (C=O) groups is 3. The quantitative estimate of drug-likeness (QED) is 0.435. The van der Waals surface area contributed by atoms with Gasteiger partial charge in [0, 0.05) is 27.8 Å². The summed E-state index contributed by atoms with van der Waals surface area (Å²) >= 11 is 1.61. The second-order valence-electron chi connectivity index (χ2n) is 7.53. The Morgan fingerprint density at radius 3 is 2.47 bits per heavy atom. The SMILES string of the molecule is CCOC(=O)C1=C(C)NC2=C(C(=O)[C@@H](C(=O)OC)[C@H](C)C2)[C@H]1c1ccc(SC)cc1. The topological polar surface area (TPSA) is 81.7 Å². The highest BCUT2D eigenvalue weighted by Gasteiger charge is 2.47. The highest BCUT2D eigenvalue weighted by Crippen LogP contribution is 2.45. The van der Waals surface area contributed by atoms with Gasteiger partial charge < -0.3 is 14.8 Å². The van der Waals surface area contributed by atoms with Crippen LogP contribution in [0.25, 0.3) is 0 Å². The van der Waals surface area contributed by atoms with Crippen molar-refractivity contribution in [3.63, 3.8) is 0 Å². The lowest BCUT2D eigenvalue weighted by Gasteiger charge is -2.38. The van der Waals surface area contributed by atoms with E-state index in [2.05, 4.69) is 5.32 Å². The van der Waals surface area contributed by atoms with Crippen LogP contribution in [0.5, 0.6) is 0 Å². The number of thioether (sulfide) groups is 1. The standard InChI is InChI=1S/C23H27NO5S/c1-6-29-23(27)18-13(3)24-16-11-12(2)17(22(26)28-4)21(25)20(16)19(18)14-7-9-15(30-5)10-8-14/h7-10,12,17,19,24H,6,11H2,1-5H3/t12-,17+,19+/m1/s1. The molecular formula is C23H27NO5S. The predicted molar refractivity (Wildman–Crippen MR) is 115 cm³/mol. The first-order chi connectivity index (χ1) is 14.3. The maximum Gasteiger partial charge on any atom is 0.336 e. The van der Waals surface area contributed by atoms with Crippen LogP contribution in [-0.2, 0) is 23.9 Å². The van der Waals surface area contributed by atoms with Crippen molar-refractivity contribution in [2.45, 2.75) is 38.0 Å². The fourth-order valence-electron chi connectivity index (χ4n) is 4.29. The molecule has 3 atom stereocenters. The van der Waals surface area contributed by atoms with Gasteiger partial charge in [0.2, 0.25) is 0 Å². The first kappa shape index (κ1) is 22.2. The zero-order valence-corrected chi connectivity index (χ0v) is 18.7. The van der Waals surface area contributed by atoms with E-state index in [9.17, 15) is 14.4 Å². The summed E-state index contributed by atoms with van der Waals surface area (Å²) in [6.07, 6.45) is 2.51. The Balaban J connectivity index is 2.17. The average molecular weight is 430 g/mol. The number of Topliss-reactive ketones (excluding diaryl/α,β-unsaturated/α-hetero) is 1. The van der Waals surface area contributed by atoms with Gasteiger partial charge in [-0.3, -0.25) is 9.59 Å². The summed E-state index contributed by atoms with van der Waals surface area (Å²) in [5.41, 5.74) is 3.10. The van der Waals surface area contributed by atoms with Crippen molar-refractivity contribution in [1.82, 2.24) is 5.32 Å². The number of methoxy groups -OCH3 is 1. The minimum Gasteiger partial charge on any atom is -0.468 e. The van der Waals surface area contributed by atoms with Gasteiger partial charge in [0.05, 0.1) is 19.3 Å². The van der Waals surface area contributed by atoms with Crippen molar-refractivity contribution < 1.29 is 23.9 Å². The molecule has 0 unspecified atom stereocenters. The number of nitrogens with one attached hydrogen (secondary N) is 1. The monoisotopic (exact) mass is 429 g/mol. The maximum atomic E-state index is 13.5. The minimum absolute atomic E-state index is 0.201. The van der Waals surface area contributed by atoms with Gasteiger partial charge in [-0.1, -0.05) is 19.1 Å². The molecule has 30 heavy (non-hydrogen) atoms. The first-order valence-electron chi connectivity index (χ1n) is 9.97. The molecule has 0 aromatic heterocycles. The molecule has 0 bridgehead atoms. The number of esters is 2. The molecule has 2 aliphatic rings. The highest BCUT2D eigenvalue weighted by molar-refractivity contribution is 7.98. The van der Waals surface area contributed by atoms with E-state index in [4.69, 9.17) is 9.47 Å². The molecule has 1 aliphatic carbocycles. The fourth-order valence-corrected chi connectivity index (χ4v) is 4.70. The van der Waals surface area contributed by atoms with Gasteiger partial charge in [-0.25, -0.2) is 4.79 Å². The summed E-state index contributed by atoms with van der Waals surface area (Å²) in [6, 6.07) is 7.79. The Labute approximate surface area is 181 Å². The number of allylic oxidation sites excluding steroid dienone is 3. The summed E-state index contributed by atoms with van der Waals surface area (Å²) in [5.74, 6) is -2.98. The van der Waals surface area contributed by atoms with Crippen LogP contribution in [0.1, 0.15) is 38.7 Å². The molecular weight excluding hydrogens is 402 g/mol. The predicted octanol–water partition coefficient (Wildman–Crippen LogP) is 3.58. The summed E-state index contributed by atoms with van der Waals surface area (Å²) in [5, 5.41) is 3.25. The molecule has 1 aliphatic heterocycles. The molecule has 7 heteroatoms. The van der Waals surface area contributed by atoms with E-state index in [-0.39, 0.29) is 18.3 Å². The molecule has 0 radical (unpaired) electrons. The number of carbonyl (C=O) groups excluding carboxylic acids is 3. The van der Waals surface area contributed by atoms with Crippen LogP contribution in [0.3, 0.4) is 0 Å². The molecule has 0 saturated heterocycles. The Hall–Kier alpha value is -2.54. The molecule has 6 nitrogen and oxygen atoms in total. The zero-order valence-electron chi connectivity index (χ0n) is 17.9. The van der Waals surface area contributed by atoms with Crippen LogP contribution >= 0.6 is 11.8 Å². The van der Waals surface area contributed by atoms with E-state index >= 15 is 0 Å². The summed E-state index contributed by atoms with van der Waals surface area (Å²) in [4.78, 5) is 39.9. The van der Waals surface area contributed by atoms with E-state index in [0.717, 1.165) is 16.2 Å². The van der Waals surface area contributed by atoms with E-state index < -0.39 is 23.8 Å². The number of rotatable bonds is 5. The lowest BCUT2D eigenvalue weighted by Crippen LogP contribution is -2.43. The molecule has 0 fully saturated rings. The Morgan fingerprint density at radius 2 is 1.90 bits per heavy atom. The second kappa shape index (κ2) is 9.08. The third-order valence-corrected chi connectivity index (χ3v) is 6.43. The van der Waals surface area contributed by atoms with Crippen molar-refractivity contribution in [3.05, 3.63) is 52.4 Å². The molecule has 0 amide bonds. The summed E-state index contributed by atoms with van der Waals surface area (Å²) < 4.78 is 10.2. The van der Waals surface area contributed by atoms with Gasteiger partial charge in [0.1, 0.15) is 5.92 Å². The molecule has 1 N–H and O–H groups in total. The summed E-state index contributed by atoms with van der Waals surface area (Å²) in [7, 11) is 1.29. The fraction of sp³-hybridized carbons (Fsp3) is 0.435. The number of ether oxygens (including phenoxy) is 2. The smallest absolute Gasteiger partial charge is 0.336 e. The van der Waals surface area contributed by atoms with Gasteiger partial charge in [0.15, 0.2) is 5.78 Å². The van der Waals surface area contributed by atoms with Crippen LogP contribution in [0.15, 0.2) is 51.7 Å². The third kappa shape index (κ3) is 3.90. The van der Waals surface area contributed by atoms with Gasteiger partial charge >= 0.3 is 11.9 Å². The van der Waals surface area contributed by atoms with Crippen molar-refractivity contribution >= 4 is 29.5 Å². The summed E-state index contributed by atoms with van der Waals surface area (Å²) in [6.45, 7) is 5.67. The van der Waals surface area contributed by atoms with Crippen LogP contribution in [0, 0.1) is 11.8 Å². The van der Waals surface area contributed by atoms with Gasteiger partial charge in [-0.15, -0.1) is 11.8 Å². The number of hydrogen-bond acceptors (Lipinski definition) is 7. The van der Waals surface area contributed by atoms with Crippen molar-refractivity contribution in [2.75, 3.05) is 20.0 Å². The Kier molecular flexibility index (Phi) is 6.71. The van der Waals surface area contributed by atoms with Crippen LogP contribution in [0.2, 0.25) is 0 Å². The normalized spacial score (nSPS) is 23.6. The van der Waals surface area contributed by atoms with Gasteiger partial charge in [0.25, 0.3) is 0 Å².